The van der Waals surface area contributed by atoms with Crippen molar-refractivity contribution in [3.05, 3.63) is 52.8 Å². The van der Waals surface area contributed by atoms with Gasteiger partial charge in [0.1, 0.15) is 17.9 Å². The van der Waals surface area contributed by atoms with Gasteiger partial charge in [0.05, 0.1) is 41.1 Å². The summed E-state index contributed by atoms with van der Waals surface area (Å²) in [6.45, 7) is 5.13. The molecule has 10 heteroatoms. The minimum Gasteiger partial charge on any atom is -0.493 e. The van der Waals surface area contributed by atoms with Gasteiger partial charge in [-0.2, -0.15) is 0 Å². The third-order valence-electron chi connectivity index (χ3n) is 5.03. The first-order valence-corrected chi connectivity index (χ1v) is 11.1. The van der Waals surface area contributed by atoms with E-state index >= 15 is 0 Å². The molecule has 32 heavy (non-hydrogen) atoms. The first-order valence-electron chi connectivity index (χ1n) is 10.3. The van der Waals surface area contributed by atoms with Gasteiger partial charge in [-0.1, -0.05) is 29.3 Å². The average Bonchev–Trinajstić information content (AvgIpc) is 2.80. The minimum absolute atomic E-state index is 0.333. The number of rotatable bonds is 7. The quantitative estimate of drug-likeness (QED) is 0.482. The first kappa shape index (κ1) is 22.5. The van der Waals surface area contributed by atoms with Crippen molar-refractivity contribution < 1.29 is 14.3 Å². The van der Waals surface area contributed by atoms with Gasteiger partial charge in [0.15, 0.2) is 0 Å². The van der Waals surface area contributed by atoms with Crippen LogP contribution in [0.15, 0.2) is 42.7 Å². The van der Waals surface area contributed by atoms with Gasteiger partial charge in [-0.3, -0.25) is 10.2 Å². The van der Waals surface area contributed by atoms with Crippen LogP contribution in [0.1, 0.15) is 6.42 Å². The predicted octanol–water partition coefficient (Wildman–Crippen LogP) is 4.68. The zero-order valence-corrected chi connectivity index (χ0v) is 18.8. The zero-order valence-electron chi connectivity index (χ0n) is 17.3. The molecule has 3 aromatic rings. The van der Waals surface area contributed by atoms with Crippen molar-refractivity contribution in [3.63, 3.8) is 0 Å². The molecule has 0 atom stereocenters. The highest BCUT2D eigenvalue weighted by Gasteiger charge is 2.13. The number of para-hydroxylation sites is 1. The summed E-state index contributed by atoms with van der Waals surface area (Å²) in [4.78, 5) is 23.3. The van der Waals surface area contributed by atoms with E-state index in [-0.39, 0.29) is 0 Å². The Labute approximate surface area is 195 Å². The summed E-state index contributed by atoms with van der Waals surface area (Å²) < 4.78 is 11.2. The molecular weight excluding hydrogens is 453 g/mol. The fourth-order valence-corrected chi connectivity index (χ4v) is 3.89. The second-order valence-electron chi connectivity index (χ2n) is 7.23. The number of ether oxygens (including phenoxy) is 2. The van der Waals surface area contributed by atoms with Crippen LogP contribution in [-0.2, 0) is 4.74 Å². The number of nitrogens with one attached hydrogen (secondary N) is 2. The maximum atomic E-state index is 12.5. The standard InChI is InChI=1S/C22H23Cl2N5O3/c23-17-3-1-4-18(24)20(17)27-22(30)28-21-16-6-5-15(13-19(16)25-14-26-21)32-10-2-7-29-8-11-31-12-9-29/h1,3-6,13-14H,2,7-12H2,(H2,25,26,27,28,30). The molecule has 8 nitrogen and oxygen atoms in total. The van der Waals surface area contributed by atoms with Gasteiger partial charge in [-0.25, -0.2) is 14.8 Å². The fourth-order valence-electron chi connectivity index (χ4n) is 3.40. The summed E-state index contributed by atoms with van der Waals surface area (Å²) in [5.41, 5.74) is 0.996. The third kappa shape index (κ3) is 5.77. The SMILES string of the molecule is O=C(Nc1c(Cl)cccc1Cl)Nc1ncnc2cc(OCCCN3CCOCC3)ccc12. The normalized spacial score (nSPS) is 14.3. The van der Waals surface area contributed by atoms with E-state index in [1.807, 2.05) is 18.2 Å². The topological polar surface area (TPSA) is 88.6 Å². The highest BCUT2D eigenvalue weighted by Crippen LogP contribution is 2.30. The third-order valence-corrected chi connectivity index (χ3v) is 5.66. The highest BCUT2D eigenvalue weighted by atomic mass is 35.5. The predicted molar refractivity (Wildman–Crippen MR) is 126 cm³/mol. The van der Waals surface area contributed by atoms with E-state index in [1.165, 1.54) is 6.33 Å². The van der Waals surface area contributed by atoms with E-state index in [1.54, 1.807) is 18.2 Å². The van der Waals surface area contributed by atoms with E-state index in [0.29, 0.717) is 39.1 Å². The van der Waals surface area contributed by atoms with Crippen molar-refractivity contribution in [3.8, 4) is 5.75 Å². The number of carbonyl (C=O) groups excluding carboxylic acids is 1. The second-order valence-corrected chi connectivity index (χ2v) is 8.05. The van der Waals surface area contributed by atoms with Crippen LogP contribution in [0, 0.1) is 0 Å². The van der Waals surface area contributed by atoms with Gasteiger partial charge in [0.25, 0.3) is 0 Å². The molecule has 2 amide bonds. The van der Waals surface area contributed by atoms with Crippen molar-refractivity contribution >= 4 is 51.6 Å². The molecule has 1 aliphatic rings. The van der Waals surface area contributed by atoms with Crippen LogP contribution in [0.25, 0.3) is 10.9 Å². The summed E-state index contributed by atoms with van der Waals surface area (Å²) in [5, 5.41) is 6.75. The monoisotopic (exact) mass is 475 g/mol. The molecular formula is C22H23Cl2N5O3. The number of anilines is 2. The lowest BCUT2D eigenvalue weighted by Crippen LogP contribution is -2.37. The molecule has 0 bridgehead atoms. The molecule has 2 N–H and O–H groups in total. The summed E-state index contributed by atoms with van der Waals surface area (Å²) >= 11 is 12.2. The van der Waals surface area contributed by atoms with Crippen LogP contribution in [0.3, 0.4) is 0 Å². The Morgan fingerprint density at radius 1 is 1.09 bits per heavy atom. The molecule has 2 heterocycles. The van der Waals surface area contributed by atoms with Crippen LogP contribution in [-0.4, -0.2) is 60.4 Å². The number of nitrogens with zero attached hydrogens (tertiary/aromatic N) is 3. The van der Waals surface area contributed by atoms with Gasteiger partial charge in [-0.05, 0) is 30.7 Å². The Balaban J connectivity index is 1.36. The lowest BCUT2D eigenvalue weighted by molar-refractivity contribution is 0.0358. The Morgan fingerprint density at radius 2 is 1.88 bits per heavy atom. The molecule has 2 aromatic carbocycles. The number of urea groups is 1. The van der Waals surface area contributed by atoms with Gasteiger partial charge in [0.2, 0.25) is 0 Å². The number of hydrogen-bond acceptors (Lipinski definition) is 6. The Kier molecular flexibility index (Phi) is 7.59. The van der Waals surface area contributed by atoms with Gasteiger partial charge < -0.3 is 14.8 Å². The van der Waals surface area contributed by atoms with Crippen LogP contribution in [0.4, 0.5) is 16.3 Å². The number of benzene rings is 2. The summed E-state index contributed by atoms with van der Waals surface area (Å²) in [5.74, 6) is 1.09. The van der Waals surface area contributed by atoms with E-state index in [4.69, 9.17) is 32.7 Å². The lowest BCUT2D eigenvalue weighted by Gasteiger charge is -2.26. The number of fused-ring (bicyclic) bond motifs is 1. The summed E-state index contributed by atoms with van der Waals surface area (Å²) in [6, 6.07) is 9.98. The maximum absolute atomic E-state index is 12.5. The number of aromatic nitrogens is 2. The number of amides is 2. The average molecular weight is 476 g/mol. The molecule has 0 spiro atoms. The van der Waals surface area contributed by atoms with Gasteiger partial charge in [0, 0.05) is 31.1 Å². The lowest BCUT2D eigenvalue weighted by atomic mass is 10.2. The zero-order chi connectivity index (χ0) is 22.3. The maximum Gasteiger partial charge on any atom is 0.324 e. The molecule has 0 saturated carbocycles. The molecule has 168 valence electrons. The Hall–Kier alpha value is -2.65. The van der Waals surface area contributed by atoms with Crippen molar-refractivity contribution in [2.75, 3.05) is 50.1 Å². The summed E-state index contributed by atoms with van der Waals surface area (Å²) in [6.07, 6.45) is 2.32. The highest BCUT2D eigenvalue weighted by molar-refractivity contribution is 6.39. The molecule has 1 saturated heterocycles. The number of hydrogen-bond donors (Lipinski definition) is 2. The van der Waals surface area contributed by atoms with Gasteiger partial charge in [-0.15, -0.1) is 0 Å². The Morgan fingerprint density at radius 3 is 2.66 bits per heavy atom. The van der Waals surface area contributed by atoms with Gasteiger partial charge >= 0.3 is 6.03 Å². The van der Waals surface area contributed by atoms with Crippen LogP contribution in [0.5, 0.6) is 5.75 Å². The number of carbonyl (C=O) groups is 1. The molecule has 1 fully saturated rings. The van der Waals surface area contributed by atoms with E-state index in [2.05, 4.69) is 25.5 Å². The summed E-state index contributed by atoms with van der Waals surface area (Å²) in [7, 11) is 0. The van der Waals surface area contributed by atoms with Crippen LogP contribution < -0.4 is 15.4 Å². The number of halogens is 2. The number of morpholine rings is 1. The molecule has 1 aromatic heterocycles. The van der Waals surface area contributed by atoms with E-state index in [0.717, 1.165) is 45.0 Å². The van der Waals surface area contributed by atoms with E-state index < -0.39 is 6.03 Å². The fraction of sp³-hybridized carbons (Fsp3) is 0.318. The molecule has 1 aliphatic heterocycles. The largest absolute Gasteiger partial charge is 0.493 e. The molecule has 0 radical (unpaired) electrons. The van der Waals surface area contributed by atoms with Crippen molar-refractivity contribution in [2.45, 2.75) is 6.42 Å². The van der Waals surface area contributed by atoms with Crippen molar-refractivity contribution in [1.29, 1.82) is 0 Å². The molecule has 4 rings (SSSR count). The smallest absolute Gasteiger partial charge is 0.324 e. The molecule has 0 aliphatic carbocycles. The molecule has 0 unspecified atom stereocenters. The van der Waals surface area contributed by atoms with Crippen LogP contribution in [0.2, 0.25) is 10.0 Å². The minimum atomic E-state index is -0.511. The van der Waals surface area contributed by atoms with E-state index in [9.17, 15) is 4.79 Å². The first-order chi connectivity index (χ1) is 15.6. The Bertz CT molecular complexity index is 1070. The van der Waals surface area contributed by atoms with Crippen molar-refractivity contribution in [2.24, 2.45) is 0 Å². The van der Waals surface area contributed by atoms with Crippen LogP contribution >= 0.6 is 23.2 Å². The second kappa shape index (κ2) is 10.8. The van der Waals surface area contributed by atoms with Crippen molar-refractivity contribution in [1.82, 2.24) is 14.9 Å².